The van der Waals surface area contributed by atoms with E-state index in [9.17, 15) is 5.11 Å². The first kappa shape index (κ1) is 13.4. The highest BCUT2D eigenvalue weighted by atomic mass is 16.3. The highest BCUT2D eigenvalue weighted by molar-refractivity contribution is 5.94. The molecule has 0 aliphatic carbocycles. The van der Waals surface area contributed by atoms with E-state index >= 15 is 0 Å². The molecule has 1 unspecified atom stereocenters. The quantitative estimate of drug-likeness (QED) is 0.911. The van der Waals surface area contributed by atoms with Crippen molar-refractivity contribution in [2.45, 2.75) is 39.2 Å². The number of hydrogen-bond donors (Lipinski definition) is 1. The number of nitrogens with zero attached hydrogens (tertiary/aromatic N) is 2. The number of rotatable bonds is 2. The molecule has 1 aromatic heterocycles. The Balaban J connectivity index is 2.21. The van der Waals surface area contributed by atoms with E-state index in [1.807, 2.05) is 13.0 Å². The summed E-state index contributed by atoms with van der Waals surface area (Å²) in [6, 6.07) is 8.31. The van der Waals surface area contributed by atoms with Gasteiger partial charge in [-0.15, -0.1) is 0 Å². The summed E-state index contributed by atoms with van der Waals surface area (Å²) in [5, 5.41) is 11.5. The second kappa shape index (κ2) is 4.74. The summed E-state index contributed by atoms with van der Waals surface area (Å²) in [7, 11) is 0. The molecule has 0 amide bonds. The van der Waals surface area contributed by atoms with E-state index in [2.05, 4.69) is 36.9 Å². The smallest absolute Gasteiger partial charge is 0.0810 e. The Morgan fingerprint density at radius 2 is 2.10 bits per heavy atom. The number of para-hydroxylation sites is 1. The summed E-state index contributed by atoms with van der Waals surface area (Å²) in [5.41, 5.74) is 4.15. The van der Waals surface area contributed by atoms with Crippen molar-refractivity contribution in [1.29, 1.82) is 0 Å². The van der Waals surface area contributed by atoms with E-state index in [4.69, 9.17) is 4.98 Å². The average molecular weight is 270 g/mol. The zero-order valence-corrected chi connectivity index (χ0v) is 12.5. The van der Waals surface area contributed by atoms with Crippen LogP contribution >= 0.6 is 0 Å². The van der Waals surface area contributed by atoms with Crippen LogP contribution in [0.3, 0.4) is 0 Å². The molecule has 1 aliphatic rings. The average Bonchev–Trinajstić information content (AvgIpc) is 2.77. The minimum absolute atomic E-state index is 0.580. The fraction of sp³-hybridized carbons (Fsp3) is 0.471. The predicted octanol–water partition coefficient (Wildman–Crippen LogP) is 3.07. The lowest BCUT2D eigenvalue weighted by atomic mass is 10.0. The summed E-state index contributed by atoms with van der Waals surface area (Å²) in [6.45, 7) is 7.80. The fourth-order valence-electron chi connectivity index (χ4n) is 3.27. The molecule has 2 aromatic rings. The van der Waals surface area contributed by atoms with Gasteiger partial charge in [-0.1, -0.05) is 25.1 Å². The normalized spacial score (nSPS) is 22.7. The molecule has 0 spiro atoms. The Bertz CT molecular complexity index is 649. The van der Waals surface area contributed by atoms with Gasteiger partial charge in [0.15, 0.2) is 0 Å². The van der Waals surface area contributed by atoms with E-state index in [0.29, 0.717) is 6.54 Å². The van der Waals surface area contributed by atoms with Gasteiger partial charge in [-0.25, -0.2) is 0 Å². The highest BCUT2D eigenvalue weighted by Crippen LogP contribution is 2.36. The lowest BCUT2D eigenvalue weighted by molar-refractivity contribution is 0.0839. The maximum atomic E-state index is 10.3. The van der Waals surface area contributed by atoms with Crippen molar-refractivity contribution >= 4 is 16.6 Å². The van der Waals surface area contributed by atoms with E-state index in [-0.39, 0.29) is 0 Å². The number of aliphatic hydroxyl groups is 1. The first-order valence-corrected chi connectivity index (χ1v) is 7.37. The number of pyridine rings is 1. The minimum atomic E-state index is -0.580. The Morgan fingerprint density at radius 3 is 2.75 bits per heavy atom. The van der Waals surface area contributed by atoms with Gasteiger partial charge in [0, 0.05) is 24.2 Å². The van der Waals surface area contributed by atoms with Crippen molar-refractivity contribution in [3.63, 3.8) is 0 Å². The number of anilines is 1. The molecule has 1 aliphatic heterocycles. The molecule has 1 saturated heterocycles. The van der Waals surface area contributed by atoms with Crippen molar-refractivity contribution in [2.24, 2.45) is 0 Å². The Kier molecular flexibility index (Phi) is 3.17. The molecular formula is C17H22N2O. The third-order valence-corrected chi connectivity index (χ3v) is 4.29. The highest BCUT2D eigenvalue weighted by Gasteiger charge is 2.33. The van der Waals surface area contributed by atoms with Crippen LogP contribution < -0.4 is 4.90 Å². The maximum absolute atomic E-state index is 10.3. The number of benzene rings is 1. The summed E-state index contributed by atoms with van der Waals surface area (Å²) in [6.07, 6.45) is 1.80. The van der Waals surface area contributed by atoms with Crippen molar-refractivity contribution in [3.8, 4) is 0 Å². The zero-order valence-electron chi connectivity index (χ0n) is 12.5. The molecule has 1 aromatic carbocycles. The number of β-amino-alcohol motifs (C(OH)–C–C–N with tert-alkyl or cyclic N) is 1. The van der Waals surface area contributed by atoms with Crippen LogP contribution in [-0.2, 0) is 6.42 Å². The SMILES string of the molecule is CCc1c(C)nc2ccccc2c1N1CCC(C)(O)C1. The van der Waals surface area contributed by atoms with Gasteiger partial charge in [-0.05, 0) is 38.3 Å². The lowest BCUT2D eigenvalue weighted by Crippen LogP contribution is -2.30. The molecule has 2 heterocycles. The van der Waals surface area contributed by atoms with Gasteiger partial charge in [0.2, 0.25) is 0 Å². The second-order valence-electron chi connectivity index (χ2n) is 6.06. The number of fused-ring (bicyclic) bond motifs is 1. The standard InChI is InChI=1S/C17H22N2O/c1-4-13-12(2)18-15-8-6-5-7-14(15)16(13)19-10-9-17(3,20)11-19/h5-8,20H,4,9-11H2,1-3H3. The van der Waals surface area contributed by atoms with Crippen molar-refractivity contribution in [2.75, 3.05) is 18.0 Å². The maximum Gasteiger partial charge on any atom is 0.0810 e. The van der Waals surface area contributed by atoms with E-state index in [0.717, 1.165) is 30.6 Å². The van der Waals surface area contributed by atoms with Crippen LogP contribution in [0.2, 0.25) is 0 Å². The van der Waals surface area contributed by atoms with Crippen LogP contribution in [0.4, 0.5) is 5.69 Å². The van der Waals surface area contributed by atoms with Crippen LogP contribution in [0.15, 0.2) is 24.3 Å². The lowest BCUT2D eigenvalue weighted by Gasteiger charge is -2.26. The molecule has 20 heavy (non-hydrogen) atoms. The first-order valence-electron chi connectivity index (χ1n) is 7.37. The van der Waals surface area contributed by atoms with E-state index in [1.165, 1.54) is 16.6 Å². The van der Waals surface area contributed by atoms with E-state index in [1.54, 1.807) is 0 Å². The van der Waals surface area contributed by atoms with Crippen molar-refractivity contribution in [3.05, 3.63) is 35.5 Å². The van der Waals surface area contributed by atoms with Gasteiger partial charge in [0.1, 0.15) is 0 Å². The largest absolute Gasteiger partial charge is 0.388 e. The van der Waals surface area contributed by atoms with Gasteiger partial charge in [-0.3, -0.25) is 4.98 Å². The molecule has 0 saturated carbocycles. The molecule has 3 nitrogen and oxygen atoms in total. The van der Waals surface area contributed by atoms with Crippen molar-refractivity contribution < 1.29 is 5.11 Å². The molecule has 3 heteroatoms. The topological polar surface area (TPSA) is 36.4 Å². The Hall–Kier alpha value is -1.61. The number of hydrogen-bond acceptors (Lipinski definition) is 3. The van der Waals surface area contributed by atoms with E-state index < -0.39 is 5.60 Å². The van der Waals surface area contributed by atoms with Gasteiger partial charge in [0.25, 0.3) is 0 Å². The van der Waals surface area contributed by atoms with Gasteiger partial charge in [-0.2, -0.15) is 0 Å². The molecule has 0 bridgehead atoms. The van der Waals surface area contributed by atoms with Gasteiger partial charge in [0.05, 0.1) is 16.8 Å². The second-order valence-corrected chi connectivity index (χ2v) is 6.06. The molecule has 1 atom stereocenters. The molecular weight excluding hydrogens is 248 g/mol. The van der Waals surface area contributed by atoms with Gasteiger partial charge >= 0.3 is 0 Å². The molecule has 1 fully saturated rings. The summed E-state index contributed by atoms with van der Waals surface area (Å²) < 4.78 is 0. The number of aromatic nitrogens is 1. The van der Waals surface area contributed by atoms with Crippen LogP contribution in [0.1, 0.15) is 31.5 Å². The zero-order chi connectivity index (χ0) is 14.3. The summed E-state index contributed by atoms with van der Waals surface area (Å²) >= 11 is 0. The first-order chi connectivity index (χ1) is 9.52. The summed E-state index contributed by atoms with van der Waals surface area (Å²) in [5.74, 6) is 0. The monoisotopic (exact) mass is 270 g/mol. The summed E-state index contributed by atoms with van der Waals surface area (Å²) in [4.78, 5) is 7.05. The number of aryl methyl sites for hydroxylation is 1. The molecule has 106 valence electrons. The third-order valence-electron chi connectivity index (χ3n) is 4.29. The molecule has 1 N–H and O–H groups in total. The van der Waals surface area contributed by atoms with Crippen LogP contribution in [0.5, 0.6) is 0 Å². The third kappa shape index (κ3) is 2.16. The predicted molar refractivity (Wildman–Crippen MR) is 83.3 cm³/mol. The minimum Gasteiger partial charge on any atom is -0.388 e. The van der Waals surface area contributed by atoms with Crippen molar-refractivity contribution in [1.82, 2.24) is 4.98 Å². The van der Waals surface area contributed by atoms with Crippen LogP contribution in [-0.4, -0.2) is 28.8 Å². The Labute approximate surface area is 120 Å². The Morgan fingerprint density at radius 1 is 1.35 bits per heavy atom. The fourth-order valence-corrected chi connectivity index (χ4v) is 3.27. The van der Waals surface area contributed by atoms with Crippen LogP contribution in [0, 0.1) is 6.92 Å². The van der Waals surface area contributed by atoms with Gasteiger partial charge < -0.3 is 10.0 Å². The molecule has 3 rings (SSSR count). The van der Waals surface area contributed by atoms with Crippen LogP contribution in [0.25, 0.3) is 10.9 Å². The molecule has 0 radical (unpaired) electrons.